The Morgan fingerprint density at radius 1 is 0.947 bits per heavy atom. The Balaban J connectivity index is 1.94. The molecule has 2 fully saturated rings. The Morgan fingerprint density at radius 3 is 2.26 bits per heavy atom. The highest BCUT2D eigenvalue weighted by molar-refractivity contribution is 6.17. The highest BCUT2D eigenvalue weighted by Crippen LogP contribution is 2.28. The molecule has 19 heavy (non-hydrogen) atoms. The fraction of sp³-hybridized carbons (Fsp3) is 0.938. The van der Waals surface area contributed by atoms with Crippen LogP contribution in [0.2, 0.25) is 0 Å². The molecule has 1 aliphatic heterocycles. The minimum atomic E-state index is 0.302. The molecule has 2 rings (SSSR count). The van der Waals surface area contributed by atoms with Gasteiger partial charge < -0.3 is 4.90 Å². The van der Waals surface area contributed by atoms with Crippen molar-refractivity contribution in [1.29, 1.82) is 0 Å². The largest absolute Gasteiger partial charge is 0.339 e. The minimum Gasteiger partial charge on any atom is -0.339 e. The van der Waals surface area contributed by atoms with Crippen molar-refractivity contribution >= 4 is 17.5 Å². The maximum absolute atomic E-state index is 12.8. The molecule has 2 aliphatic rings. The molecule has 1 atom stereocenters. The van der Waals surface area contributed by atoms with E-state index < -0.39 is 0 Å². The Kier molecular flexibility index (Phi) is 6.49. The monoisotopic (exact) mass is 285 g/mol. The number of piperidine rings is 1. The predicted molar refractivity (Wildman–Crippen MR) is 80.5 cm³/mol. The normalized spacial score (nSPS) is 26.8. The number of carbonyl (C=O) groups excluding carboxylic acids is 1. The molecule has 110 valence electrons. The lowest BCUT2D eigenvalue weighted by atomic mass is 9.88. The Bertz CT molecular complexity index is 272. The molecule has 1 saturated carbocycles. The number of hydrogen-bond donors (Lipinski definition) is 0. The van der Waals surface area contributed by atoms with Gasteiger partial charge in [-0.1, -0.05) is 32.1 Å². The SMILES string of the molecule is O=C(C1CCCCCCC1)N1CCCCC1CCCl. The van der Waals surface area contributed by atoms with Crippen LogP contribution in [0.1, 0.15) is 70.6 Å². The zero-order chi connectivity index (χ0) is 13.5. The van der Waals surface area contributed by atoms with Gasteiger partial charge in [-0.2, -0.15) is 0 Å². The lowest BCUT2D eigenvalue weighted by Gasteiger charge is -2.38. The topological polar surface area (TPSA) is 20.3 Å². The van der Waals surface area contributed by atoms with Crippen LogP contribution in [-0.2, 0) is 4.79 Å². The summed E-state index contributed by atoms with van der Waals surface area (Å²) >= 11 is 5.90. The number of rotatable bonds is 3. The minimum absolute atomic E-state index is 0.302. The maximum atomic E-state index is 12.8. The van der Waals surface area contributed by atoms with E-state index in [4.69, 9.17) is 11.6 Å². The van der Waals surface area contributed by atoms with E-state index in [2.05, 4.69) is 4.90 Å². The van der Waals surface area contributed by atoms with Crippen molar-refractivity contribution in [1.82, 2.24) is 4.90 Å². The molecule has 3 heteroatoms. The molecule has 1 saturated heterocycles. The molecular formula is C16H28ClNO. The second kappa shape index (κ2) is 8.14. The van der Waals surface area contributed by atoms with Gasteiger partial charge in [0.25, 0.3) is 0 Å². The number of nitrogens with zero attached hydrogens (tertiary/aromatic N) is 1. The molecule has 0 aromatic rings. The molecule has 0 spiro atoms. The summed E-state index contributed by atoms with van der Waals surface area (Å²) in [4.78, 5) is 15.0. The van der Waals surface area contributed by atoms with Gasteiger partial charge in [-0.3, -0.25) is 4.79 Å². The van der Waals surface area contributed by atoms with Gasteiger partial charge in [0.05, 0.1) is 0 Å². The molecule has 0 aromatic carbocycles. The second-order valence-electron chi connectivity index (χ2n) is 6.20. The highest BCUT2D eigenvalue weighted by Gasteiger charge is 2.30. The number of hydrogen-bond acceptors (Lipinski definition) is 1. The smallest absolute Gasteiger partial charge is 0.225 e. The molecule has 0 aromatic heterocycles. The van der Waals surface area contributed by atoms with Gasteiger partial charge in [0.1, 0.15) is 0 Å². The zero-order valence-corrected chi connectivity index (χ0v) is 12.8. The maximum Gasteiger partial charge on any atom is 0.225 e. The van der Waals surface area contributed by atoms with Crippen LogP contribution >= 0.6 is 11.6 Å². The fourth-order valence-corrected chi connectivity index (χ4v) is 3.91. The van der Waals surface area contributed by atoms with Crippen LogP contribution in [0, 0.1) is 5.92 Å². The summed E-state index contributed by atoms with van der Waals surface area (Å²) in [5, 5.41) is 0. The molecule has 1 aliphatic carbocycles. The van der Waals surface area contributed by atoms with Gasteiger partial charge in [0.2, 0.25) is 5.91 Å². The molecule has 0 radical (unpaired) electrons. The van der Waals surface area contributed by atoms with E-state index in [0.29, 0.717) is 23.7 Å². The average molecular weight is 286 g/mol. The molecule has 1 unspecified atom stereocenters. The Morgan fingerprint density at radius 2 is 1.58 bits per heavy atom. The van der Waals surface area contributed by atoms with Gasteiger partial charge in [0.15, 0.2) is 0 Å². The molecule has 0 bridgehead atoms. The average Bonchev–Trinajstić information content (AvgIpc) is 2.39. The first-order valence-electron chi connectivity index (χ1n) is 8.19. The zero-order valence-electron chi connectivity index (χ0n) is 12.1. The third kappa shape index (κ3) is 4.37. The Hall–Kier alpha value is -0.240. The number of likely N-dealkylation sites (tertiary alicyclic amines) is 1. The molecule has 2 nitrogen and oxygen atoms in total. The van der Waals surface area contributed by atoms with E-state index in [-0.39, 0.29) is 0 Å². The summed E-state index contributed by atoms with van der Waals surface area (Å²) < 4.78 is 0. The Labute approximate surface area is 122 Å². The molecular weight excluding hydrogens is 258 g/mol. The number of halogens is 1. The van der Waals surface area contributed by atoms with Crippen LogP contribution in [0.4, 0.5) is 0 Å². The summed E-state index contributed by atoms with van der Waals surface area (Å²) in [5.74, 6) is 1.42. The van der Waals surface area contributed by atoms with Gasteiger partial charge in [-0.05, 0) is 38.5 Å². The van der Waals surface area contributed by atoms with E-state index in [1.807, 2.05) is 0 Å². The lowest BCUT2D eigenvalue weighted by Crippen LogP contribution is -2.46. The number of carbonyl (C=O) groups is 1. The van der Waals surface area contributed by atoms with E-state index in [1.165, 1.54) is 44.9 Å². The molecule has 0 N–H and O–H groups in total. The van der Waals surface area contributed by atoms with Crippen LogP contribution in [0.15, 0.2) is 0 Å². The number of alkyl halides is 1. The predicted octanol–water partition coefficient (Wildman–Crippen LogP) is 4.36. The summed E-state index contributed by atoms with van der Waals surface area (Å²) in [6.45, 7) is 0.969. The first kappa shape index (κ1) is 15.2. The molecule has 1 amide bonds. The first-order chi connectivity index (χ1) is 9.33. The second-order valence-corrected chi connectivity index (χ2v) is 6.58. The van der Waals surface area contributed by atoms with Crippen molar-refractivity contribution in [3.05, 3.63) is 0 Å². The first-order valence-corrected chi connectivity index (χ1v) is 8.73. The summed E-state index contributed by atoms with van der Waals surface area (Å²) in [5.41, 5.74) is 0. The quantitative estimate of drug-likeness (QED) is 0.706. The van der Waals surface area contributed by atoms with Crippen LogP contribution in [0.25, 0.3) is 0 Å². The van der Waals surface area contributed by atoms with Gasteiger partial charge in [-0.25, -0.2) is 0 Å². The van der Waals surface area contributed by atoms with Crippen molar-refractivity contribution < 1.29 is 4.79 Å². The fourth-order valence-electron chi connectivity index (χ4n) is 3.65. The van der Waals surface area contributed by atoms with Gasteiger partial charge >= 0.3 is 0 Å². The van der Waals surface area contributed by atoms with Crippen molar-refractivity contribution in [2.75, 3.05) is 12.4 Å². The standard InChI is InChI=1S/C16H28ClNO/c17-12-11-15-10-6-7-13-18(15)16(19)14-8-4-2-1-3-5-9-14/h14-15H,1-13H2. The van der Waals surface area contributed by atoms with Crippen LogP contribution in [0.3, 0.4) is 0 Å². The van der Waals surface area contributed by atoms with Crippen LogP contribution < -0.4 is 0 Å². The van der Waals surface area contributed by atoms with Crippen molar-refractivity contribution in [3.8, 4) is 0 Å². The van der Waals surface area contributed by atoms with E-state index in [0.717, 1.165) is 32.2 Å². The van der Waals surface area contributed by atoms with Crippen LogP contribution in [0.5, 0.6) is 0 Å². The van der Waals surface area contributed by atoms with E-state index in [1.54, 1.807) is 0 Å². The third-order valence-corrected chi connectivity index (χ3v) is 5.03. The van der Waals surface area contributed by atoms with Crippen LogP contribution in [-0.4, -0.2) is 29.3 Å². The third-order valence-electron chi connectivity index (χ3n) is 4.81. The van der Waals surface area contributed by atoms with E-state index >= 15 is 0 Å². The highest BCUT2D eigenvalue weighted by atomic mass is 35.5. The van der Waals surface area contributed by atoms with E-state index in [9.17, 15) is 4.79 Å². The lowest BCUT2D eigenvalue weighted by molar-refractivity contribution is -0.140. The van der Waals surface area contributed by atoms with Crippen molar-refractivity contribution in [2.45, 2.75) is 76.7 Å². The van der Waals surface area contributed by atoms with Crippen molar-refractivity contribution in [2.24, 2.45) is 5.92 Å². The summed E-state index contributed by atoms with van der Waals surface area (Å²) in [6, 6.07) is 0.421. The van der Waals surface area contributed by atoms with Crippen molar-refractivity contribution in [3.63, 3.8) is 0 Å². The van der Waals surface area contributed by atoms with Gasteiger partial charge in [-0.15, -0.1) is 11.6 Å². The van der Waals surface area contributed by atoms with Gasteiger partial charge in [0, 0.05) is 24.4 Å². The summed E-state index contributed by atoms with van der Waals surface area (Å²) in [7, 11) is 0. The summed E-state index contributed by atoms with van der Waals surface area (Å²) in [6.07, 6.45) is 13.3. The number of amides is 1. The molecule has 1 heterocycles.